The van der Waals surface area contributed by atoms with Gasteiger partial charge in [0.1, 0.15) is 0 Å². The van der Waals surface area contributed by atoms with Crippen molar-refractivity contribution in [1.82, 2.24) is 9.47 Å². The molecule has 1 N–H and O–H groups in total. The largest absolute Gasteiger partial charge is 0.322 e. The van der Waals surface area contributed by atoms with Crippen molar-refractivity contribution >= 4 is 11.7 Å². The van der Waals surface area contributed by atoms with Crippen molar-refractivity contribution in [1.29, 1.82) is 0 Å². The Hall–Kier alpha value is -3.01. The van der Waals surface area contributed by atoms with Gasteiger partial charge in [-0.2, -0.15) is 0 Å². The third-order valence-corrected chi connectivity index (χ3v) is 5.21. The molecule has 0 bridgehead atoms. The minimum absolute atomic E-state index is 0.0262. The van der Waals surface area contributed by atoms with E-state index in [0.717, 1.165) is 40.2 Å². The van der Waals surface area contributed by atoms with Crippen LogP contribution in [0.5, 0.6) is 0 Å². The molecule has 0 radical (unpaired) electrons. The molecule has 0 saturated heterocycles. The highest BCUT2D eigenvalue weighted by Gasteiger charge is 2.30. The fourth-order valence-electron chi connectivity index (χ4n) is 4.10. The zero-order chi connectivity index (χ0) is 19.0. The number of nitrogens with one attached hydrogen (secondary N) is 1. The molecule has 1 aliphatic rings. The lowest BCUT2D eigenvalue weighted by Crippen LogP contribution is -2.37. The molecular formula is C23H25N3O. The molecule has 0 saturated carbocycles. The van der Waals surface area contributed by atoms with E-state index in [4.69, 9.17) is 0 Å². The maximum Gasteiger partial charge on any atom is 0.322 e. The second-order valence-electron chi connectivity index (χ2n) is 7.29. The van der Waals surface area contributed by atoms with Crippen LogP contribution in [0.15, 0.2) is 60.8 Å². The van der Waals surface area contributed by atoms with E-state index in [-0.39, 0.29) is 12.1 Å². The Morgan fingerprint density at radius 1 is 1.07 bits per heavy atom. The van der Waals surface area contributed by atoms with E-state index in [2.05, 4.69) is 59.4 Å². The van der Waals surface area contributed by atoms with Crippen molar-refractivity contribution in [2.24, 2.45) is 0 Å². The van der Waals surface area contributed by atoms with Gasteiger partial charge in [0, 0.05) is 17.6 Å². The van der Waals surface area contributed by atoms with Crippen molar-refractivity contribution in [2.75, 3.05) is 5.32 Å². The number of nitrogens with zero attached hydrogens (tertiary/aromatic N) is 2. The fraction of sp³-hybridized carbons (Fsp3) is 0.261. The van der Waals surface area contributed by atoms with Crippen LogP contribution in [-0.2, 0) is 6.54 Å². The lowest BCUT2D eigenvalue weighted by molar-refractivity contribution is 0.181. The van der Waals surface area contributed by atoms with Crippen LogP contribution in [0.1, 0.15) is 41.8 Å². The minimum Gasteiger partial charge on any atom is -0.318 e. The number of hydrogen-bond donors (Lipinski definition) is 1. The van der Waals surface area contributed by atoms with E-state index in [1.54, 1.807) is 0 Å². The van der Waals surface area contributed by atoms with Crippen molar-refractivity contribution in [3.63, 3.8) is 0 Å². The van der Waals surface area contributed by atoms with E-state index in [1.807, 2.05) is 36.9 Å². The second kappa shape index (κ2) is 6.95. The van der Waals surface area contributed by atoms with E-state index < -0.39 is 0 Å². The van der Waals surface area contributed by atoms with E-state index in [9.17, 15) is 4.79 Å². The van der Waals surface area contributed by atoms with Crippen molar-refractivity contribution in [3.8, 4) is 5.69 Å². The van der Waals surface area contributed by atoms with Gasteiger partial charge in [0.25, 0.3) is 0 Å². The first-order chi connectivity index (χ1) is 13.1. The number of aryl methyl sites for hydroxylation is 2. The van der Waals surface area contributed by atoms with Crippen molar-refractivity contribution < 1.29 is 4.79 Å². The summed E-state index contributed by atoms with van der Waals surface area (Å²) in [6.07, 6.45) is 2.94. The van der Waals surface area contributed by atoms with E-state index in [0.29, 0.717) is 6.54 Å². The first-order valence-corrected chi connectivity index (χ1v) is 9.48. The van der Waals surface area contributed by atoms with Gasteiger partial charge in [-0.3, -0.25) is 0 Å². The molecule has 2 amide bonds. The van der Waals surface area contributed by atoms with Crippen LogP contribution >= 0.6 is 0 Å². The molecule has 2 aromatic carbocycles. The summed E-state index contributed by atoms with van der Waals surface area (Å²) in [6.45, 7) is 6.82. The van der Waals surface area contributed by atoms with Gasteiger partial charge in [-0.25, -0.2) is 4.79 Å². The summed E-state index contributed by atoms with van der Waals surface area (Å²) in [5, 5.41) is 3.12. The lowest BCUT2D eigenvalue weighted by Gasteiger charge is -2.30. The highest BCUT2D eigenvalue weighted by Crippen LogP contribution is 2.34. The van der Waals surface area contributed by atoms with Crippen LogP contribution in [0.2, 0.25) is 0 Å². The Morgan fingerprint density at radius 3 is 2.56 bits per heavy atom. The molecular weight excluding hydrogens is 334 g/mol. The Kier molecular flexibility index (Phi) is 4.48. The number of amides is 2. The van der Waals surface area contributed by atoms with Gasteiger partial charge >= 0.3 is 6.03 Å². The van der Waals surface area contributed by atoms with Gasteiger partial charge in [-0.15, -0.1) is 0 Å². The smallest absolute Gasteiger partial charge is 0.318 e. The molecule has 0 aliphatic carbocycles. The summed E-state index contributed by atoms with van der Waals surface area (Å²) in [7, 11) is 0. The molecule has 4 heteroatoms. The maximum absolute atomic E-state index is 13.3. The molecule has 3 aromatic rings. The first kappa shape index (κ1) is 17.4. The standard InChI is InChI=1S/C23H25N3O/c1-4-20-22-10-7-11-25(22)21-9-6-5-8-18(21)15-26(20)23(27)24-19-13-16(2)12-17(3)14-19/h5-14,20H,4,15H2,1-3H3,(H,24,27)/t20-/m0/s1. The summed E-state index contributed by atoms with van der Waals surface area (Å²) in [5.41, 5.74) is 6.59. The van der Waals surface area contributed by atoms with Crippen LogP contribution in [0.3, 0.4) is 0 Å². The molecule has 138 valence electrons. The topological polar surface area (TPSA) is 37.3 Å². The van der Waals surface area contributed by atoms with Crippen molar-refractivity contribution in [3.05, 3.63) is 83.2 Å². The zero-order valence-electron chi connectivity index (χ0n) is 16.1. The van der Waals surface area contributed by atoms with Crippen LogP contribution in [-0.4, -0.2) is 15.5 Å². The Morgan fingerprint density at radius 2 is 1.81 bits per heavy atom. The zero-order valence-corrected chi connectivity index (χ0v) is 16.1. The molecule has 0 spiro atoms. The molecule has 2 heterocycles. The highest BCUT2D eigenvalue weighted by molar-refractivity contribution is 5.90. The van der Waals surface area contributed by atoms with Gasteiger partial charge in [-0.1, -0.05) is 31.2 Å². The summed E-state index contributed by atoms with van der Waals surface area (Å²) in [5.74, 6) is 0. The van der Waals surface area contributed by atoms with E-state index in [1.165, 1.54) is 0 Å². The fourth-order valence-corrected chi connectivity index (χ4v) is 4.10. The molecule has 4 rings (SSSR count). The van der Waals surface area contributed by atoms with Crippen molar-refractivity contribution in [2.45, 2.75) is 39.8 Å². The summed E-state index contributed by atoms with van der Waals surface area (Å²) >= 11 is 0. The molecule has 1 aliphatic heterocycles. The van der Waals surface area contributed by atoms with Crippen LogP contribution < -0.4 is 5.32 Å². The number of para-hydroxylation sites is 1. The third-order valence-electron chi connectivity index (χ3n) is 5.21. The summed E-state index contributed by atoms with van der Waals surface area (Å²) in [4.78, 5) is 15.2. The third kappa shape index (κ3) is 3.23. The van der Waals surface area contributed by atoms with Crippen LogP contribution in [0, 0.1) is 13.8 Å². The van der Waals surface area contributed by atoms with Gasteiger partial charge in [-0.05, 0) is 67.3 Å². The number of carbonyl (C=O) groups excluding carboxylic acids is 1. The molecule has 4 nitrogen and oxygen atoms in total. The number of carbonyl (C=O) groups is 1. The number of urea groups is 1. The highest BCUT2D eigenvalue weighted by atomic mass is 16.2. The average molecular weight is 359 g/mol. The molecule has 0 unspecified atom stereocenters. The maximum atomic E-state index is 13.3. The molecule has 1 atom stereocenters. The summed E-state index contributed by atoms with van der Waals surface area (Å²) < 4.78 is 2.22. The molecule has 1 aromatic heterocycles. The first-order valence-electron chi connectivity index (χ1n) is 9.48. The minimum atomic E-state index is -0.0590. The second-order valence-corrected chi connectivity index (χ2v) is 7.29. The van der Waals surface area contributed by atoms with Crippen LogP contribution in [0.4, 0.5) is 10.5 Å². The Balaban J connectivity index is 1.72. The molecule has 0 fully saturated rings. The van der Waals surface area contributed by atoms with E-state index >= 15 is 0 Å². The average Bonchev–Trinajstić information content (AvgIpc) is 3.05. The number of rotatable bonds is 2. The summed E-state index contributed by atoms with van der Waals surface area (Å²) in [6, 6.07) is 18.6. The number of fused-ring (bicyclic) bond motifs is 3. The molecule has 27 heavy (non-hydrogen) atoms. The predicted molar refractivity (Wildman–Crippen MR) is 109 cm³/mol. The van der Waals surface area contributed by atoms with Gasteiger partial charge in [0.15, 0.2) is 0 Å². The predicted octanol–water partition coefficient (Wildman–Crippen LogP) is 5.59. The number of anilines is 1. The van der Waals surface area contributed by atoms with Gasteiger partial charge in [0.2, 0.25) is 0 Å². The SMILES string of the molecule is CC[C@H]1c2cccn2-c2ccccc2CN1C(=O)Nc1cc(C)cc(C)c1. The van der Waals surface area contributed by atoms with Gasteiger partial charge < -0.3 is 14.8 Å². The number of benzene rings is 2. The normalized spacial score (nSPS) is 15.7. The van der Waals surface area contributed by atoms with Crippen LogP contribution in [0.25, 0.3) is 5.69 Å². The quantitative estimate of drug-likeness (QED) is 0.636. The van der Waals surface area contributed by atoms with Gasteiger partial charge in [0.05, 0.1) is 18.3 Å². The monoisotopic (exact) mass is 359 g/mol. The Labute approximate surface area is 160 Å². The lowest BCUT2D eigenvalue weighted by atomic mass is 10.1. The number of hydrogen-bond acceptors (Lipinski definition) is 1. The number of aromatic nitrogens is 1. The Bertz CT molecular complexity index is 969.